The Kier molecular flexibility index (Phi) is 4.97. The van der Waals surface area contributed by atoms with E-state index >= 15 is 0 Å². The van der Waals surface area contributed by atoms with Gasteiger partial charge in [-0.2, -0.15) is 0 Å². The molecule has 1 heterocycles. The normalized spacial score (nSPS) is 22.1. The van der Waals surface area contributed by atoms with Crippen LogP contribution in [-0.4, -0.2) is 59.0 Å². The topological polar surface area (TPSA) is 104 Å². The Labute approximate surface area is 118 Å². The van der Waals surface area contributed by atoms with E-state index in [-0.39, 0.29) is 25.0 Å². The number of rotatable bonds is 5. The Balaban J connectivity index is 2.76. The van der Waals surface area contributed by atoms with Gasteiger partial charge in [-0.05, 0) is 19.3 Å². The summed E-state index contributed by atoms with van der Waals surface area (Å²) < 4.78 is 0. The molecule has 0 aromatic rings. The van der Waals surface area contributed by atoms with Gasteiger partial charge in [-0.1, -0.05) is 13.8 Å². The summed E-state index contributed by atoms with van der Waals surface area (Å²) in [6.07, 6.45) is 0.417. The van der Waals surface area contributed by atoms with Crippen LogP contribution in [0, 0.1) is 11.3 Å². The fourth-order valence-electron chi connectivity index (χ4n) is 2.34. The Morgan fingerprint density at radius 1 is 1.40 bits per heavy atom. The van der Waals surface area contributed by atoms with Gasteiger partial charge in [0.05, 0.1) is 5.41 Å². The van der Waals surface area contributed by atoms with E-state index in [0.29, 0.717) is 19.5 Å². The number of nitrogens with zero attached hydrogens (tertiary/aromatic N) is 2. The zero-order chi connectivity index (χ0) is 15.5. The lowest BCUT2D eigenvalue weighted by molar-refractivity contribution is -0.147. The summed E-state index contributed by atoms with van der Waals surface area (Å²) in [5, 5.41) is 9.18. The standard InChI is InChI=1S/C13H23N3O4/c1-9(2)6-16(7-10(14)17)12(20)15-5-4-13(3,8-15)11(18)19/h9H,4-8H2,1-3H3,(H2,14,17)(H,18,19). The molecule has 0 aromatic carbocycles. The molecule has 0 spiro atoms. The number of hydrogen-bond donors (Lipinski definition) is 2. The van der Waals surface area contributed by atoms with Crippen molar-refractivity contribution in [2.24, 2.45) is 17.1 Å². The van der Waals surface area contributed by atoms with Crippen molar-refractivity contribution in [2.45, 2.75) is 27.2 Å². The second-order valence-corrected chi connectivity index (χ2v) is 6.06. The van der Waals surface area contributed by atoms with E-state index in [2.05, 4.69) is 0 Å². The lowest BCUT2D eigenvalue weighted by atomic mass is 9.90. The first-order valence-corrected chi connectivity index (χ1v) is 6.71. The van der Waals surface area contributed by atoms with Gasteiger partial charge in [-0.15, -0.1) is 0 Å². The first-order chi connectivity index (χ1) is 9.15. The molecule has 7 heteroatoms. The second-order valence-electron chi connectivity index (χ2n) is 6.06. The third-order valence-corrected chi connectivity index (χ3v) is 3.46. The molecule has 1 fully saturated rings. The van der Waals surface area contributed by atoms with Crippen LogP contribution in [0.2, 0.25) is 0 Å². The van der Waals surface area contributed by atoms with Crippen molar-refractivity contribution in [1.29, 1.82) is 0 Å². The summed E-state index contributed by atoms with van der Waals surface area (Å²) in [5.74, 6) is -1.27. The average Bonchev–Trinajstić information content (AvgIpc) is 2.70. The molecule has 1 aliphatic rings. The molecule has 1 saturated heterocycles. The van der Waals surface area contributed by atoms with Gasteiger partial charge in [-0.25, -0.2) is 4.79 Å². The van der Waals surface area contributed by atoms with Crippen molar-refractivity contribution >= 4 is 17.9 Å². The summed E-state index contributed by atoms with van der Waals surface area (Å²) in [6, 6.07) is -0.317. The molecule has 20 heavy (non-hydrogen) atoms. The van der Waals surface area contributed by atoms with E-state index in [1.165, 1.54) is 9.80 Å². The number of nitrogens with two attached hydrogens (primary N) is 1. The molecule has 1 aliphatic heterocycles. The molecular weight excluding hydrogens is 262 g/mol. The molecule has 0 bridgehead atoms. The monoisotopic (exact) mass is 285 g/mol. The zero-order valence-corrected chi connectivity index (χ0v) is 12.3. The fourth-order valence-corrected chi connectivity index (χ4v) is 2.34. The van der Waals surface area contributed by atoms with E-state index in [1.807, 2.05) is 13.8 Å². The predicted octanol–water partition coefficient (Wildman–Crippen LogP) is 0.346. The summed E-state index contributed by atoms with van der Waals surface area (Å²) >= 11 is 0. The maximum atomic E-state index is 12.4. The quantitative estimate of drug-likeness (QED) is 0.760. The molecule has 3 N–H and O–H groups in total. The van der Waals surface area contributed by atoms with Crippen LogP contribution in [0.25, 0.3) is 0 Å². The summed E-state index contributed by atoms with van der Waals surface area (Å²) in [4.78, 5) is 37.5. The lowest BCUT2D eigenvalue weighted by Gasteiger charge is -2.29. The molecule has 0 saturated carbocycles. The number of urea groups is 1. The Bertz CT molecular complexity index is 410. The summed E-state index contributed by atoms with van der Waals surface area (Å²) in [5.41, 5.74) is 4.25. The minimum absolute atomic E-state index is 0.142. The fraction of sp³-hybridized carbons (Fsp3) is 0.769. The van der Waals surface area contributed by atoms with E-state index < -0.39 is 17.3 Å². The van der Waals surface area contributed by atoms with Crippen molar-refractivity contribution in [3.8, 4) is 0 Å². The minimum Gasteiger partial charge on any atom is -0.481 e. The van der Waals surface area contributed by atoms with Crippen LogP contribution in [0.5, 0.6) is 0 Å². The van der Waals surface area contributed by atoms with E-state index in [9.17, 15) is 19.5 Å². The van der Waals surface area contributed by atoms with E-state index in [0.717, 1.165) is 0 Å². The van der Waals surface area contributed by atoms with E-state index in [4.69, 9.17) is 5.73 Å². The molecule has 114 valence electrons. The second kappa shape index (κ2) is 6.11. The van der Waals surface area contributed by atoms with Crippen molar-refractivity contribution < 1.29 is 19.5 Å². The SMILES string of the molecule is CC(C)CN(CC(N)=O)C(=O)N1CCC(C)(C(=O)O)C1. The highest BCUT2D eigenvalue weighted by atomic mass is 16.4. The van der Waals surface area contributed by atoms with Gasteiger partial charge in [0.2, 0.25) is 5.91 Å². The maximum absolute atomic E-state index is 12.4. The number of carbonyl (C=O) groups excluding carboxylic acids is 2. The molecule has 0 radical (unpaired) electrons. The third kappa shape index (κ3) is 3.85. The van der Waals surface area contributed by atoms with Crippen LogP contribution in [0.15, 0.2) is 0 Å². The highest BCUT2D eigenvalue weighted by Gasteiger charge is 2.43. The Hall–Kier alpha value is -1.79. The Morgan fingerprint density at radius 2 is 2.00 bits per heavy atom. The number of aliphatic carboxylic acids is 1. The molecule has 0 aromatic heterocycles. The van der Waals surface area contributed by atoms with Gasteiger partial charge in [0.15, 0.2) is 0 Å². The first-order valence-electron chi connectivity index (χ1n) is 6.71. The predicted molar refractivity (Wildman–Crippen MR) is 72.9 cm³/mol. The van der Waals surface area contributed by atoms with Gasteiger partial charge in [0.1, 0.15) is 6.54 Å². The summed E-state index contributed by atoms with van der Waals surface area (Å²) in [6.45, 7) is 6.32. The third-order valence-electron chi connectivity index (χ3n) is 3.46. The number of likely N-dealkylation sites (tertiary alicyclic amines) is 1. The highest BCUT2D eigenvalue weighted by molar-refractivity contribution is 5.84. The smallest absolute Gasteiger partial charge is 0.320 e. The van der Waals surface area contributed by atoms with Crippen molar-refractivity contribution in [3.05, 3.63) is 0 Å². The number of hydrogen-bond acceptors (Lipinski definition) is 3. The van der Waals surface area contributed by atoms with Crippen molar-refractivity contribution in [2.75, 3.05) is 26.2 Å². The Morgan fingerprint density at radius 3 is 2.40 bits per heavy atom. The van der Waals surface area contributed by atoms with Crippen LogP contribution in [-0.2, 0) is 9.59 Å². The molecule has 1 atom stereocenters. The van der Waals surface area contributed by atoms with Gasteiger partial charge in [0, 0.05) is 19.6 Å². The molecule has 1 unspecified atom stereocenters. The minimum atomic E-state index is -0.911. The molecular formula is C13H23N3O4. The largest absolute Gasteiger partial charge is 0.481 e. The van der Waals surface area contributed by atoms with Gasteiger partial charge >= 0.3 is 12.0 Å². The van der Waals surface area contributed by atoms with Crippen molar-refractivity contribution in [3.63, 3.8) is 0 Å². The maximum Gasteiger partial charge on any atom is 0.320 e. The van der Waals surface area contributed by atoms with Crippen LogP contribution in [0.1, 0.15) is 27.2 Å². The first kappa shape index (κ1) is 16.3. The van der Waals surface area contributed by atoms with Crippen molar-refractivity contribution in [1.82, 2.24) is 9.80 Å². The van der Waals surface area contributed by atoms with E-state index in [1.54, 1.807) is 6.92 Å². The van der Waals surface area contributed by atoms with Crippen LogP contribution in [0.3, 0.4) is 0 Å². The number of carbonyl (C=O) groups is 3. The zero-order valence-electron chi connectivity index (χ0n) is 12.3. The number of primary amides is 1. The molecule has 7 nitrogen and oxygen atoms in total. The molecule has 3 amide bonds. The lowest BCUT2D eigenvalue weighted by Crippen LogP contribution is -2.48. The number of carboxylic acid groups (broad SMARTS) is 1. The van der Waals surface area contributed by atoms with Crippen LogP contribution in [0.4, 0.5) is 4.79 Å². The van der Waals surface area contributed by atoms with Crippen LogP contribution >= 0.6 is 0 Å². The summed E-state index contributed by atoms with van der Waals surface area (Å²) in [7, 11) is 0. The number of amides is 3. The van der Waals surface area contributed by atoms with Gasteiger partial charge < -0.3 is 20.6 Å². The van der Waals surface area contributed by atoms with Crippen LogP contribution < -0.4 is 5.73 Å². The average molecular weight is 285 g/mol. The van der Waals surface area contributed by atoms with Gasteiger partial charge in [-0.3, -0.25) is 9.59 Å². The number of carboxylic acids is 1. The highest BCUT2D eigenvalue weighted by Crippen LogP contribution is 2.30. The molecule has 0 aliphatic carbocycles. The molecule has 1 rings (SSSR count). The van der Waals surface area contributed by atoms with Gasteiger partial charge in [0.25, 0.3) is 0 Å².